The molecule has 0 aromatic heterocycles. The lowest BCUT2D eigenvalue weighted by molar-refractivity contribution is -0.135. The van der Waals surface area contributed by atoms with Crippen LogP contribution in [0.25, 0.3) is 0 Å². The summed E-state index contributed by atoms with van der Waals surface area (Å²) in [5, 5.41) is 3.84. The van der Waals surface area contributed by atoms with Gasteiger partial charge in [0.2, 0.25) is 0 Å². The van der Waals surface area contributed by atoms with E-state index < -0.39 is 12.6 Å². The predicted octanol–water partition coefficient (Wildman–Crippen LogP) is 3.59. The first kappa shape index (κ1) is 14.2. The molecule has 0 bridgehead atoms. The van der Waals surface area contributed by atoms with E-state index in [9.17, 15) is 13.2 Å². The van der Waals surface area contributed by atoms with Crippen LogP contribution < -0.4 is 5.32 Å². The third-order valence-corrected chi connectivity index (χ3v) is 4.37. The molecule has 1 N–H and O–H groups in total. The highest BCUT2D eigenvalue weighted by Gasteiger charge is 2.29. The van der Waals surface area contributed by atoms with Gasteiger partial charge in [0.1, 0.15) is 0 Å². The molecule has 1 aliphatic rings. The van der Waals surface area contributed by atoms with Crippen LogP contribution in [0.5, 0.6) is 0 Å². The minimum absolute atomic E-state index is 0.248. The van der Waals surface area contributed by atoms with E-state index in [4.69, 9.17) is 0 Å². The fraction of sp³-hybridized carbons (Fsp3) is 1.00. The fourth-order valence-corrected chi connectivity index (χ4v) is 3.56. The van der Waals surface area contributed by atoms with Crippen molar-refractivity contribution in [2.24, 2.45) is 0 Å². The molecule has 1 fully saturated rings. The molecule has 5 heteroatoms. The third kappa shape index (κ3) is 5.43. The van der Waals surface area contributed by atoms with Crippen molar-refractivity contribution in [1.82, 2.24) is 5.32 Å². The Labute approximate surface area is 99.6 Å². The molecule has 0 amide bonds. The minimum Gasteiger partial charge on any atom is -0.313 e. The molecule has 1 aliphatic heterocycles. The highest BCUT2D eigenvalue weighted by molar-refractivity contribution is 8.00. The van der Waals surface area contributed by atoms with Gasteiger partial charge in [0.15, 0.2) is 0 Å². The zero-order valence-electron chi connectivity index (χ0n) is 9.65. The minimum atomic E-state index is -4.00. The van der Waals surface area contributed by atoms with Gasteiger partial charge in [0, 0.05) is 17.7 Å². The van der Waals surface area contributed by atoms with Crippen LogP contribution in [0.4, 0.5) is 13.2 Å². The molecule has 1 saturated heterocycles. The molecule has 0 aromatic carbocycles. The molecule has 96 valence electrons. The van der Waals surface area contributed by atoms with E-state index in [1.54, 1.807) is 0 Å². The van der Waals surface area contributed by atoms with E-state index in [2.05, 4.69) is 5.32 Å². The molecule has 1 nitrogen and oxygen atoms in total. The van der Waals surface area contributed by atoms with Crippen molar-refractivity contribution in [3.05, 3.63) is 0 Å². The van der Waals surface area contributed by atoms with Gasteiger partial charge in [0.05, 0.1) is 0 Å². The van der Waals surface area contributed by atoms with Crippen LogP contribution in [0.2, 0.25) is 0 Å². The van der Waals surface area contributed by atoms with Crippen LogP contribution in [-0.2, 0) is 0 Å². The number of rotatable bonds is 6. The summed E-state index contributed by atoms with van der Waals surface area (Å²) in [5.41, 5.74) is 0. The molecule has 0 aromatic rings. The Morgan fingerprint density at radius 1 is 1.44 bits per heavy atom. The van der Waals surface area contributed by atoms with Crippen LogP contribution >= 0.6 is 11.8 Å². The van der Waals surface area contributed by atoms with E-state index in [1.165, 1.54) is 6.42 Å². The predicted molar refractivity (Wildman–Crippen MR) is 62.9 cm³/mol. The lowest BCUT2D eigenvalue weighted by atomic mass is 10.0. The molecule has 1 rings (SSSR count). The maximum absolute atomic E-state index is 12.0. The van der Waals surface area contributed by atoms with Gasteiger partial charge in [0.25, 0.3) is 0 Å². The molecule has 0 saturated carbocycles. The summed E-state index contributed by atoms with van der Waals surface area (Å²) in [6.45, 7) is 2.85. The normalized spacial score (nSPS) is 23.6. The van der Waals surface area contributed by atoms with Gasteiger partial charge in [-0.25, -0.2) is 0 Å². The molecule has 2 atom stereocenters. The maximum Gasteiger partial charge on any atom is 0.389 e. The van der Waals surface area contributed by atoms with Gasteiger partial charge in [-0.15, -0.1) is 0 Å². The summed E-state index contributed by atoms with van der Waals surface area (Å²) in [5.74, 6) is 1.16. The van der Waals surface area contributed by atoms with E-state index in [0.29, 0.717) is 11.7 Å². The van der Waals surface area contributed by atoms with Gasteiger partial charge >= 0.3 is 6.18 Å². The number of halogens is 3. The van der Waals surface area contributed by atoms with Gasteiger partial charge in [-0.1, -0.05) is 6.92 Å². The number of thioether (sulfide) groups is 1. The van der Waals surface area contributed by atoms with Crippen molar-refractivity contribution in [3.8, 4) is 0 Å². The highest BCUT2D eigenvalue weighted by Crippen LogP contribution is 2.31. The molecular formula is C11H20F3NS. The van der Waals surface area contributed by atoms with Crippen LogP contribution in [0.1, 0.15) is 39.0 Å². The number of alkyl halides is 3. The summed E-state index contributed by atoms with van der Waals surface area (Å²) in [6, 6.07) is 0.264. The van der Waals surface area contributed by atoms with Crippen LogP contribution in [0.3, 0.4) is 0 Å². The molecule has 0 spiro atoms. The first-order valence-electron chi connectivity index (χ1n) is 5.94. The quantitative estimate of drug-likeness (QED) is 0.778. The Balaban J connectivity index is 2.27. The van der Waals surface area contributed by atoms with Crippen molar-refractivity contribution >= 4 is 11.8 Å². The summed E-state index contributed by atoms with van der Waals surface area (Å²) >= 11 is 1.90. The Kier molecular flexibility index (Phi) is 5.97. The average molecular weight is 255 g/mol. The Morgan fingerprint density at radius 3 is 2.69 bits per heavy atom. The average Bonchev–Trinajstić information content (AvgIpc) is 2.67. The summed E-state index contributed by atoms with van der Waals surface area (Å²) in [4.78, 5) is 0. The second kappa shape index (κ2) is 6.74. The maximum atomic E-state index is 12.0. The van der Waals surface area contributed by atoms with E-state index in [1.807, 2.05) is 18.7 Å². The highest BCUT2D eigenvalue weighted by atomic mass is 32.2. The van der Waals surface area contributed by atoms with Crippen LogP contribution in [0, 0.1) is 0 Å². The first-order valence-corrected chi connectivity index (χ1v) is 6.99. The Morgan fingerprint density at radius 2 is 2.19 bits per heavy atom. The number of nitrogens with one attached hydrogen (secondary N) is 1. The Bertz CT molecular complexity index is 190. The third-order valence-electron chi connectivity index (χ3n) is 2.86. The van der Waals surface area contributed by atoms with Gasteiger partial charge in [-0.05, 0) is 38.0 Å². The van der Waals surface area contributed by atoms with E-state index >= 15 is 0 Å². The number of hydrogen-bond donors (Lipinski definition) is 1. The molecule has 16 heavy (non-hydrogen) atoms. The molecular weight excluding hydrogens is 235 g/mol. The van der Waals surface area contributed by atoms with Crippen molar-refractivity contribution in [2.45, 2.75) is 56.5 Å². The van der Waals surface area contributed by atoms with E-state index in [0.717, 1.165) is 18.7 Å². The summed E-state index contributed by atoms with van der Waals surface area (Å²) in [6.07, 6.45) is -1.40. The van der Waals surface area contributed by atoms with Crippen molar-refractivity contribution in [1.29, 1.82) is 0 Å². The monoisotopic (exact) mass is 255 g/mol. The smallest absolute Gasteiger partial charge is 0.313 e. The topological polar surface area (TPSA) is 12.0 Å². The standard InChI is InChI=1S/C11H20F3NS/c1-2-15-9(10-6-4-8-16-10)5-3-7-11(12,13)14/h9-10,15H,2-8H2,1H3. The Hall–Kier alpha value is 0.100. The zero-order chi connectivity index (χ0) is 12.0. The summed E-state index contributed by atoms with van der Waals surface area (Å²) < 4.78 is 36.1. The molecule has 1 heterocycles. The van der Waals surface area contributed by atoms with Crippen molar-refractivity contribution < 1.29 is 13.2 Å². The first-order chi connectivity index (χ1) is 7.53. The molecule has 0 radical (unpaired) electrons. The number of hydrogen-bond acceptors (Lipinski definition) is 2. The van der Waals surface area contributed by atoms with Gasteiger partial charge < -0.3 is 5.32 Å². The SMILES string of the molecule is CCNC(CCCC(F)(F)F)C1CCCS1. The van der Waals surface area contributed by atoms with Gasteiger partial charge in [-0.3, -0.25) is 0 Å². The van der Waals surface area contributed by atoms with Crippen LogP contribution in [-0.4, -0.2) is 29.8 Å². The largest absolute Gasteiger partial charge is 0.389 e. The lowest BCUT2D eigenvalue weighted by Crippen LogP contribution is -2.37. The van der Waals surface area contributed by atoms with Crippen LogP contribution in [0.15, 0.2) is 0 Å². The second-order valence-corrected chi connectivity index (χ2v) is 5.57. The summed E-state index contributed by atoms with van der Waals surface area (Å²) in [7, 11) is 0. The fourth-order valence-electron chi connectivity index (χ4n) is 2.12. The van der Waals surface area contributed by atoms with Crippen molar-refractivity contribution in [2.75, 3.05) is 12.3 Å². The lowest BCUT2D eigenvalue weighted by Gasteiger charge is -2.23. The second-order valence-electron chi connectivity index (χ2n) is 4.22. The van der Waals surface area contributed by atoms with Gasteiger partial charge in [-0.2, -0.15) is 24.9 Å². The molecule has 0 aliphatic carbocycles. The van der Waals surface area contributed by atoms with E-state index in [-0.39, 0.29) is 12.5 Å². The zero-order valence-corrected chi connectivity index (χ0v) is 10.5. The molecule has 2 unspecified atom stereocenters. The van der Waals surface area contributed by atoms with Crippen molar-refractivity contribution in [3.63, 3.8) is 0 Å².